The molecule has 0 bridgehead atoms. The largest absolute Gasteiger partial charge is 0.495 e. The van der Waals surface area contributed by atoms with E-state index in [0.29, 0.717) is 0 Å². The number of halogens is 1. The van der Waals surface area contributed by atoms with Crippen LogP contribution in [0.1, 0.15) is 27.7 Å². The maximum absolute atomic E-state index is 13.7. The molecular formula is C29H25BFNO2. The lowest BCUT2D eigenvalue weighted by Gasteiger charge is -2.32. The van der Waals surface area contributed by atoms with Crippen LogP contribution in [0.25, 0.3) is 43.7 Å². The molecule has 0 radical (unpaired) electrons. The third-order valence-corrected chi connectivity index (χ3v) is 7.36. The fraction of sp³-hybridized carbons (Fsp3) is 0.207. The summed E-state index contributed by atoms with van der Waals surface area (Å²) in [4.78, 5) is 5.03. The summed E-state index contributed by atoms with van der Waals surface area (Å²) in [5.41, 5.74) is 2.67. The van der Waals surface area contributed by atoms with Gasteiger partial charge in [-0.25, -0.2) is 9.37 Å². The maximum atomic E-state index is 13.7. The van der Waals surface area contributed by atoms with Gasteiger partial charge in [-0.05, 0) is 74.3 Å². The zero-order valence-electron chi connectivity index (χ0n) is 19.7. The van der Waals surface area contributed by atoms with Crippen molar-refractivity contribution in [3.63, 3.8) is 0 Å². The third kappa shape index (κ3) is 3.15. The highest BCUT2D eigenvalue weighted by atomic mass is 19.1. The molecule has 4 aromatic carbocycles. The number of hydrogen-bond acceptors (Lipinski definition) is 3. The molecule has 1 saturated heterocycles. The van der Waals surface area contributed by atoms with Crippen LogP contribution in [0.3, 0.4) is 0 Å². The van der Waals surface area contributed by atoms with Gasteiger partial charge in [-0.1, -0.05) is 48.5 Å². The van der Waals surface area contributed by atoms with Crippen LogP contribution in [0.4, 0.5) is 4.39 Å². The Morgan fingerprint density at radius 1 is 0.706 bits per heavy atom. The minimum absolute atomic E-state index is 0.266. The Hall–Kier alpha value is -3.28. The van der Waals surface area contributed by atoms with E-state index in [2.05, 4.69) is 58.0 Å². The van der Waals surface area contributed by atoms with Gasteiger partial charge < -0.3 is 9.31 Å². The number of pyridine rings is 1. The molecule has 5 heteroatoms. The second-order valence-corrected chi connectivity index (χ2v) is 10.0. The van der Waals surface area contributed by atoms with Crippen LogP contribution in [0, 0.1) is 5.82 Å². The summed E-state index contributed by atoms with van der Waals surface area (Å²) in [5, 5.41) is 5.41. The van der Waals surface area contributed by atoms with Gasteiger partial charge in [0.05, 0.1) is 22.4 Å². The van der Waals surface area contributed by atoms with Crippen molar-refractivity contribution < 1.29 is 13.7 Å². The maximum Gasteiger partial charge on any atom is 0.495 e. The van der Waals surface area contributed by atoms with E-state index in [1.165, 1.54) is 12.1 Å². The van der Waals surface area contributed by atoms with Crippen LogP contribution in [0.5, 0.6) is 0 Å². The molecule has 1 aliphatic heterocycles. The Labute approximate surface area is 198 Å². The molecule has 1 fully saturated rings. The summed E-state index contributed by atoms with van der Waals surface area (Å²) < 4.78 is 26.7. The summed E-state index contributed by atoms with van der Waals surface area (Å²) in [6, 6.07) is 25.2. The van der Waals surface area contributed by atoms with E-state index >= 15 is 0 Å². The Morgan fingerprint density at radius 3 is 1.97 bits per heavy atom. The van der Waals surface area contributed by atoms with Crippen molar-refractivity contribution >= 4 is 45.0 Å². The van der Waals surface area contributed by atoms with Gasteiger partial charge in [0.15, 0.2) is 0 Å². The first-order valence-electron chi connectivity index (χ1n) is 11.6. The van der Waals surface area contributed by atoms with Crippen molar-refractivity contribution in [2.75, 3.05) is 0 Å². The molecule has 2 heterocycles. The van der Waals surface area contributed by atoms with E-state index in [1.807, 2.05) is 24.3 Å². The normalized spacial score (nSPS) is 17.1. The molecule has 0 amide bonds. The standard InChI is InChI=1S/C29H25BFNO2/c1-28(2)29(3,4)34-30(33-28)24-17-23-26(21-10-6-5-9-20(21)24)22-11-7-8-12-25(22)32-27(23)18-13-15-19(31)16-14-18/h5-17H,1-4H3. The van der Waals surface area contributed by atoms with Crippen LogP contribution >= 0.6 is 0 Å². The number of hydrogen-bond donors (Lipinski definition) is 0. The number of nitrogens with zero attached hydrogens (tertiary/aromatic N) is 1. The first-order valence-corrected chi connectivity index (χ1v) is 11.6. The van der Waals surface area contributed by atoms with Crippen molar-refractivity contribution in [3.8, 4) is 11.3 Å². The summed E-state index contributed by atoms with van der Waals surface area (Å²) in [7, 11) is -0.508. The van der Waals surface area contributed by atoms with E-state index in [-0.39, 0.29) is 5.82 Å². The number of benzene rings is 4. The first-order chi connectivity index (χ1) is 16.2. The van der Waals surface area contributed by atoms with Gasteiger partial charge in [0.1, 0.15) is 5.82 Å². The fourth-order valence-corrected chi connectivity index (χ4v) is 4.84. The van der Waals surface area contributed by atoms with Crippen molar-refractivity contribution in [1.29, 1.82) is 0 Å². The van der Waals surface area contributed by atoms with E-state index in [4.69, 9.17) is 14.3 Å². The Bertz CT molecular complexity index is 1560. The minimum atomic E-state index is -0.508. The molecule has 0 N–H and O–H groups in total. The van der Waals surface area contributed by atoms with Crippen LogP contribution in [-0.4, -0.2) is 23.3 Å². The highest BCUT2D eigenvalue weighted by Gasteiger charge is 2.52. The lowest BCUT2D eigenvalue weighted by Crippen LogP contribution is -2.41. The predicted octanol–water partition coefficient (Wildman–Crippen LogP) is 6.65. The molecule has 0 unspecified atom stereocenters. The molecule has 0 saturated carbocycles. The van der Waals surface area contributed by atoms with E-state index < -0.39 is 18.3 Å². The van der Waals surface area contributed by atoms with Gasteiger partial charge in [0.25, 0.3) is 0 Å². The Kier molecular flexibility index (Phi) is 4.60. The highest BCUT2D eigenvalue weighted by molar-refractivity contribution is 6.66. The average Bonchev–Trinajstić information content (AvgIpc) is 3.04. The van der Waals surface area contributed by atoms with Crippen molar-refractivity contribution in [1.82, 2.24) is 4.98 Å². The molecule has 1 aliphatic rings. The quantitative estimate of drug-likeness (QED) is 0.224. The second kappa shape index (κ2) is 7.36. The molecule has 0 spiro atoms. The van der Waals surface area contributed by atoms with Gasteiger partial charge in [0.2, 0.25) is 0 Å². The molecule has 6 rings (SSSR count). The monoisotopic (exact) mass is 449 g/mol. The number of para-hydroxylation sites is 1. The second-order valence-electron chi connectivity index (χ2n) is 10.0. The molecular weight excluding hydrogens is 424 g/mol. The zero-order valence-corrected chi connectivity index (χ0v) is 19.7. The highest BCUT2D eigenvalue weighted by Crippen LogP contribution is 2.40. The number of aromatic nitrogens is 1. The van der Waals surface area contributed by atoms with Gasteiger partial charge in [0, 0.05) is 21.7 Å². The van der Waals surface area contributed by atoms with Gasteiger partial charge in [-0.15, -0.1) is 0 Å². The third-order valence-electron chi connectivity index (χ3n) is 7.36. The average molecular weight is 449 g/mol. The molecule has 0 aliphatic carbocycles. The fourth-order valence-electron chi connectivity index (χ4n) is 4.84. The summed E-state index contributed by atoms with van der Waals surface area (Å²) in [6.45, 7) is 8.26. The van der Waals surface area contributed by atoms with Gasteiger partial charge in [-0.3, -0.25) is 0 Å². The predicted molar refractivity (Wildman–Crippen MR) is 138 cm³/mol. The number of fused-ring (bicyclic) bond motifs is 5. The van der Waals surface area contributed by atoms with E-state index in [1.54, 1.807) is 12.1 Å². The zero-order chi connectivity index (χ0) is 23.7. The van der Waals surface area contributed by atoms with Crippen LogP contribution in [0.2, 0.25) is 0 Å². The number of rotatable bonds is 2. The minimum Gasteiger partial charge on any atom is -0.399 e. The van der Waals surface area contributed by atoms with E-state index in [9.17, 15) is 4.39 Å². The van der Waals surface area contributed by atoms with Crippen molar-refractivity contribution in [3.05, 3.63) is 84.7 Å². The van der Waals surface area contributed by atoms with Gasteiger partial charge in [-0.2, -0.15) is 0 Å². The SMILES string of the molecule is CC1(C)OB(c2cc3c(-c4ccc(F)cc4)nc4ccccc4c3c3ccccc23)OC1(C)C. The molecule has 1 aromatic heterocycles. The first kappa shape index (κ1) is 21.3. The van der Waals surface area contributed by atoms with Crippen molar-refractivity contribution in [2.24, 2.45) is 0 Å². The molecule has 5 aromatic rings. The lowest BCUT2D eigenvalue weighted by atomic mass is 9.74. The summed E-state index contributed by atoms with van der Waals surface area (Å²) >= 11 is 0. The molecule has 3 nitrogen and oxygen atoms in total. The summed E-state index contributed by atoms with van der Waals surface area (Å²) in [6.07, 6.45) is 0. The summed E-state index contributed by atoms with van der Waals surface area (Å²) in [5.74, 6) is -0.266. The van der Waals surface area contributed by atoms with Crippen LogP contribution < -0.4 is 5.46 Å². The molecule has 0 atom stereocenters. The Balaban J connectivity index is 1.74. The van der Waals surface area contributed by atoms with Gasteiger partial charge >= 0.3 is 7.12 Å². The lowest BCUT2D eigenvalue weighted by molar-refractivity contribution is 0.00578. The smallest absolute Gasteiger partial charge is 0.399 e. The van der Waals surface area contributed by atoms with Crippen LogP contribution in [-0.2, 0) is 9.31 Å². The topological polar surface area (TPSA) is 31.4 Å². The van der Waals surface area contributed by atoms with Crippen molar-refractivity contribution in [2.45, 2.75) is 38.9 Å². The van der Waals surface area contributed by atoms with Crippen LogP contribution in [0.15, 0.2) is 78.9 Å². The Morgan fingerprint density at radius 2 is 1.29 bits per heavy atom. The molecule has 34 heavy (non-hydrogen) atoms. The van der Waals surface area contributed by atoms with E-state index in [0.717, 1.165) is 49.2 Å². The molecule has 168 valence electrons.